The second kappa shape index (κ2) is 4.15. The highest BCUT2D eigenvalue weighted by Crippen LogP contribution is 2.30. The summed E-state index contributed by atoms with van der Waals surface area (Å²) >= 11 is 1.07. The first-order valence-electron chi connectivity index (χ1n) is 4.91. The largest absolute Gasteiger partial charge is 0.382 e. The van der Waals surface area contributed by atoms with Gasteiger partial charge in [-0.1, -0.05) is 0 Å². The van der Waals surface area contributed by atoms with Crippen molar-refractivity contribution in [1.29, 1.82) is 0 Å². The number of nitrogens with two attached hydrogens (primary N) is 2. The average molecular weight is 276 g/mol. The van der Waals surface area contributed by atoms with Gasteiger partial charge in [0.15, 0.2) is 15.7 Å². The maximum absolute atomic E-state index is 11.3. The molecule has 1 amide bonds. The van der Waals surface area contributed by atoms with E-state index in [9.17, 15) is 13.2 Å². The van der Waals surface area contributed by atoms with E-state index in [0.717, 1.165) is 11.5 Å². The minimum absolute atomic E-state index is 0.0724. The van der Waals surface area contributed by atoms with Crippen molar-refractivity contribution in [1.82, 2.24) is 4.37 Å². The quantitative estimate of drug-likeness (QED) is 0.719. The Bertz CT molecular complexity index is 537. The summed E-state index contributed by atoms with van der Waals surface area (Å²) in [6.45, 7) is 0.675. The molecule has 94 valence electrons. The van der Waals surface area contributed by atoms with Gasteiger partial charge in [0, 0.05) is 13.1 Å². The molecule has 1 aromatic heterocycles. The molecule has 1 aromatic rings. The van der Waals surface area contributed by atoms with E-state index in [2.05, 4.69) is 4.37 Å². The first-order chi connectivity index (χ1) is 7.91. The molecule has 0 aromatic carbocycles. The van der Waals surface area contributed by atoms with Crippen LogP contribution in [0.1, 0.15) is 10.4 Å². The van der Waals surface area contributed by atoms with Crippen LogP contribution in [0, 0.1) is 0 Å². The van der Waals surface area contributed by atoms with E-state index in [4.69, 9.17) is 11.5 Å². The summed E-state index contributed by atoms with van der Waals surface area (Å²) in [5.41, 5.74) is 11.0. The van der Waals surface area contributed by atoms with Crippen LogP contribution in [0.2, 0.25) is 0 Å². The molecule has 1 fully saturated rings. The number of anilines is 2. The van der Waals surface area contributed by atoms with Crippen LogP contribution in [0.3, 0.4) is 0 Å². The van der Waals surface area contributed by atoms with E-state index in [-0.39, 0.29) is 22.9 Å². The number of rotatable bonds is 2. The van der Waals surface area contributed by atoms with Gasteiger partial charge in [-0.05, 0) is 11.5 Å². The molecule has 2 rings (SSSR count). The number of amides is 1. The van der Waals surface area contributed by atoms with Crippen LogP contribution in [0.25, 0.3) is 0 Å². The number of sulfone groups is 1. The lowest BCUT2D eigenvalue weighted by molar-refractivity contribution is 0.100. The molecule has 1 saturated heterocycles. The van der Waals surface area contributed by atoms with E-state index >= 15 is 0 Å². The Morgan fingerprint density at radius 2 is 1.94 bits per heavy atom. The Labute approximate surface area is 102 Å². The van der Waals surface area contributed by atoms with Gasteiger partial charge >= 0.3 is 0 Å². The van der Waals surface area contributed by atoms with E-state index in [1.54, 1.807) is 4.90 Å². The Morgan fingerprint density at radius 1 is 1.35 bits per heavy atom. The second-order valence-corrected chi connectivity index (χ2v) is 6.81. The number of aromatic nitrogens is 1. The summed E-state index contributed by atoms with van der Waals surface area (Å²) in [5.74, 6) is -0.392. The van der Waals surface area contributed by atoms with Gasteiger partial charge in [-0.2, -0.15) is 4.37 Å². The zero-order valence-electron chi connectivity index (χ0n) is 8.92. The standard InChI is InChI=1S/C8H12N4O3S2/c9-6-5(7(10)13)8(16-11-6)12-1-3-17(14,15)4-2-12/h1-4H2,(H2,9,11)(H2,10,13). The van der Waals surface area contributed by atoms with E-state index in [0.29, 0.717) is 18.1 Å². The Morgan fingerprint density at radius 3 is 2.47 bits per heavy atom. The first-order valence-corrected chi connectivity index (χ1v) is 7.50. The number of primary amides is 1. The minimum atomic E-state index is -2.95. The number of carbonyl (C=O) groups is 1. The van der Waals surface area contributed by atoms with Crippen molar-refractivity contribution in [3.05, 3.63) is 5.56 Å². The number of hydrogen-bond donors (Lipinski definition) is 2. The van der Waals surface area contributed by atoms with Gasteiger partial charge in [-0.25, -0.2) is 8.42 Å². The molecule has 2 heterocycles. The van der Waals surface area contributed by atoms with Crippen LogP contribution < -0.4 is 16.4 Å². The third-order valence-electron chi connectivity index (χ3n) is 2.58. The lowest BCUT2D eigenvalue weighted by Crippen LogP contribution is -2.40. The van der Waals surface area contributed by atoms with Crippen molar-refractivity contribution in [2.45, 2.75) is 0 Å². The summed E-state index contributed by atoms with van der Waals surface area (Å²) in [6.07, 6.45) is 0. The third-order valence-corrected chi connectivity index (χ3v) is 5.11. The van der Waals surface area contributed by atoms with E-state index in [1.807, 2.05) is 0 Å². The van der Waals surface area contributed by atoms with Crippen LogP contribution in [0.5, 0.6) is 0 Å². The first kappa shape index (κ1) is 12.1. The third kappa shape index (κ3) is 2.34. The van der Waals surface area contributed by atoms with Gasteiger partial charge < -0.3 is 16.4 Å². The van der Waals surface area contributed by atoms with Gasteiger partial charge in [0.25, 0.3) is 5.91 Å². The average Bonchev–Trinajstić information content (AvgIpc) is 2.60. The molecule has 0 saturated carbocycles. The van der Waals surface area contributed by atoms with Crippen LogP contribution in [-0.2, 0) is 9.84 Å². The Kier molecular flexibility index (Phi) is 2.96. The van der Waals surface area contributed by atoms with Crippen LogP contribution in [0.15, 0.2) is 0 Å². The summed E-state index contributed by atoms with van der Waals surface area (Å²) in [4.78, 5) is 13.0. The van der Waals surface area contributed by atoms with Crippen molar-refractivity contribution in [3.8, 4) is 0 Å². The van der Waals surface area contributed by atoms with Crippen molar-refractivity contribution in [2.24, 2.45) is 5.73 Å². The molecule has 0 spiro atoms. The Balaban J connectivity index is 2.27. The highest BCUT2D eigenvalue weighted by molar-refractivity contribution is 7.91. The van der Waals surface area contributed by atoms with E-state index < -0.39 is 15.7 Å². The van der Waals surface area contributed by atoms with Crippen LogP contribution in [-0.4, -0.2) is 43.3 Å². The predicted molar refractivity (Wildman–Crippen MR) is 65.9 cm³/mol. The summed E-state index contributed by atoms with van der Waals surface area (Å²) in [7, 11) is -2.95. The second-order valence-electron chi connectivity index (χ2n) is 3.75. The fourth-order valence-corrected chi connectivity index (χ4v) is 3.73. The molecule has 7 nitrogen and oxygen atoms in total. The van der Waals surface area contributed by atoms with Crippen molar-refractivity contribution in [3.63, 3.8) is 0 Å². The summed E-state index contributed by atoms with van der Waals surface area (Å²) in [5, 5.41) is 0.560. The Hall–Kier alpha value is -1.35. The fraction of sp³-hybridized carbons (Fsp3) is 0.500. The lowest BCUT2D eigenvalue weighted by atomic mass is 10.3. The molecule has 1 aliphatic rings. The monoisotopic (exact) mass is 276 g/mol. The molecule has 9 heteroatoms. The molecule has 1 aliphatic heterocycles. The molecule has 0 aliphatic carbocycles. The molecule has 0 unspecified atom stereocenters. The molecule has 0 atom stereocenters. The zero-order valence-corrected chi connectivity index (χ0v) is 10.6. The predicted octanol–water partition coefficient (Wildman–Crippen LogP) is -0.941. The number of hydrogen-bond acceptors (Lipinski definition) is 7. The molecule has 0 bridgehead atoms. The van der Waals surface area contributed by atoms with E-state index in [1.165, 1.54) is 0 Å². The topological polar surface area (TPSA) is 119 Å². The van der Waals surface area contributed by atoms with Gasteiger partial charge in [-0.3, -0.25) is 4.79 Å². The van der Waals surface area contributed by atoms with Crippen molar-refractivity contribution in [2.75, 3.05) is 35.2 Å². The highest BCUT2D eigenvalue weighted by atomic mass is 32.2. The summed E-state index contributed by atoms with van der Waals surface area (Å²) < 4.78 is 26.5. The maximum Gasteiger partial charge on any atom is 0.255 e. The molecule has 17 heavy (non-hydrogen) atoms. The number of nitrogens with zero attached hydrogens (tertiary/aromatic N) is 2. The molecule has 4 N–H and O–H groups in total. The minimum Gasteiger partial charge on any atom is -0.382 e. The SMILES string of the molecule is NC(=O)c1c(N)nsc1N1CCS(=O)(=O)CC1. The maximum atomic E-state index is 11.3. The molecular weight excluding hydrogens is 264 g/mol. The molecule has 0 radical (unpaired) electrons. The zero-order chi connectivity index (χ0) is 12.6. The van der Waals surface area contributed by atoms with Crippen LogP contribution >= 0.6 is 11.5 Å². The van der Waals surface area contributed by atoms with Gasteiger partial charge in [-0.15, -0.1) is 0 Å². The van der Waals surface area contributed by atoms with Gasteiger partial charge in [0.2, 0.25) is 0 Å². The fourth-order valence-electron chi connectivity index (χ4n) is 1.66. The normalized spacial score (nSPS) is 19.2. The molecular formula is C8H12N4O3S2. The highest BCUT2D eigenvalue weighted by Gasteiger charge is 2.27. The van der Waals surface area contributed by atoms with Gasteiger partial charge in [0.1, 0.15) is 10.6 Å². The van der Waals surface area contributed by atoms with Gasteiger partial charge in [0.05, 0.1) is 11.5 Å². The number of nitrogen functional groups attached to an aromatic ring is 1. The summed E-state index contributed by atoms with van der Waals surface area (Å²) in [6, 6.07) is 0. The van der Waals surface area contributed by atoms with Crippen molar-refractivity contribution >= 4 is 38.1 Å². The lowest BCUT2D eigenvalue weighted by Gasteiger charge is -2.27. The smallest absolute Gasteiger partial charge is 0.255 e. The number of carbonyl (C=O) groups excluding carboxylic acids is 1. The van der Waals surface area contributed by atoms with Crippen molar-refractivity contribution < 1.29 is 13.2 Å². The van der Waals surface area contributed by atoms with Crippen LogP contribution in [0.4, 0.5) is 10.8 Å².